The number of nitro groups is 1. The molecule has 1 amide bonds. The highest BCUT2D eigenvalue weighted by molar-refractivity contribution is 7.89. The fourth-order valence-corrected chi connectivity index (χ4v) is 4.07. The number of carbonyl (C=O) groups excluding carboxylic acids is 1. The summed E-state index contributed by atoms with van der Waals surface area (Å²) in [5.41, 5.74) is 0.954. The van der Waals surface area contributed by atoms with Gasteiger partial charge in [0.05, 0.1) is 15.5 Å². The Morgan fingerprint density at radius 1 is 1.15 bits per heavy atom. The molecule has 0 heterocycles. The minimum Gasteiger partial charge on any atom is -0.321 e. The van der Waals surface area contributed by atoms with Crippen LogP contribution in [0.4, 0.5) is 11.4 Å². The second-order valence-electron chi connectivity index (χ2n) is 5.83. The first-order valence-electron chi connectivity index (χ1n) is 8.37. The summed E-state index contributed by atoms with van der Waals surface area (Å²) in [6.07, 6.45) is 0. The van der Waals surface area contributed by atoms with Gasteiger partial charge in [-0.2, -0.15) is 4.31 Å². The van der Waals surface area contributed by atoms with E-state index in [1.807, 2.05) is 0 Å². The normalized spacial score (nSPS) is 11.4. The fourth-order valence-electron chi connectivity index (χ4n) is 2.56. The third-order valence-electron chi connectivity index (χ3n) is 4.12. The molecule has 0 aliphatic heterocycles. The molecule has 1 N–H and O–H groups in total. The van der Waals surface area contributed by atoms with Crippen molar-refractivity contribution in [2.24, 2.45) is 0 Å². The van der Waals surface area contributed by atoms with Crippen molar-refractivity contribution in [3.63, 3.8) is 0 Å². The Morgan fingerprint density at radius 2 is 1.81 bits per heavy atom. The summed E-state index contributed by atoms with van der Waals surface area (Å²) in [4.78, 5) is 22.9. The number of anilines is 1. The largest absolute Gasteiger partial charge is 0.321 e. The highest BCUT2D eigenvalue weighted by Gasteiger charge is 2.22. The maximum Gasteiger partial charge on any atom is 0.271 e. The SMILES string of the molecule is CCN(CC)S(=O)(=O)c1cccc(C(=O)Nc2cc([N+](=O)[O-])ccc2C)c1. The van der Waals surface area contributed by atoms with Gasteiger partial charge in [-0.1, -0.05) is 26.0 Å². The van der Waals surface area contributed by atoms with Crippen molar-refractivity contribution in [3.05, 3.63) is 63.7 Å². The zero-order valence-electron chi connectivity index (χ0n) is 15.3. The second-order valence-corrected chi connectivity index (χ2v) is 7.77. The smallest absolute Gasteiger partial charge is 0.271 e. The molecule has 0 unspecified atom stereocenters. The molecule has 0 saturated carbocycles. The Labute approximate surface area is 158 Å². The quantitative estimate of drug-likeness (QED) is 0.576. The van der Waals surface area contributed by atoms with Gasteiger partial charge in [-0.15, -0.1) is 0 Å². The summed E-state index contributed by atoms with van der Waals surface area (Å²) in [5.74, 6) is -0.546. The van der Waals surface area contributed by atoms with Gasteiger partial charge in [-0.3, -0.25) is 14.9 Å². The van der Waals surface area contributed by atoms with Crippen molar-refractivity contribution in [1.82, 2.24) is 4.31 Å². The van der Waals surface area contributed by atoms with Gasteiger partial charge in [0.1, 0.15) is 0 Å². The number of nitro benzene ring substituents is 1. The fraction of sp³-hybridized carbons (Fsp3) is 0.278. The number of carbonyl (C=O) groups is 1. The molecule has 0 radical (unpaired) electrons. The number of amides is 1. The number of hydrogen-bond acceptors (Lipinski definition) is 5. The number of benzene rings is 2. The summed E-state index contributed by atoms with van der Waals surface area (Å²) in [6.45, 7) is 5.83. The third-order valence-corrected chi connectivity index (χ3v) is 6.17. The lowest BCUT2D eigenvalue weighted by Crippen LogP contribution is -2.30. The molecular weight excluding hydrogens is 370 g/mol. The Balaban J connectivity index is 2.34. The predicted octanol–water partition coefficient (Wildman–Crippen LogP) is 3.19. The average Bonchev–Trinajstić information content (AvgIpc) is 2.64. The molecule has 8 nitrogen and oxygen atoms in total. The zero-order valence-corrected chi connectivity index (χ0v) is 16.1. The number of nitrogens with zero attached hydrogens (tertiary/aromatic N) is 2. The number of hydrogen-bond donors (Lipinski definition) is 1. The van der Waals surface area contributed by atoms with Crippen molar-refractivity contribution in [1.29, 1.82) is 0 Å². The molecule has 144 valence electrons. The van der Waals surface area contributed by atoms with Crippen molar-refractivity contribution < 1.29 is 18.1 Å². The van der Waals surface area contributed by atoms with E-state index in [1.54, 1.807) is 20.8 Å². The summed E-state index contributed by atoms with van der Waals surface area (Å²) >= 11 is 0. The Kier molecular flexibility index (Phi) is 6.29. The first-order valence-corrected chi connectivity index (χ1v) is 9.81. The molecule has 0 spiro atoms. The second kappa shape index (κ2) is 8.28. The average molecular weight is 391 g/mol. The maximum absolute atomic E-state index is 12.6. The van der Waals surface area contributed by atoms with Gasteiger partial charge in [-0.05, 0) is 30.7 Å². The van der Waals surface area contributed by atoms with Crippen LogP contribution < -0.4 is 5.32 Å². The molecule has 0 saturated heterocycles. The van der Waals surface area contributed by atoms with E-state index in [2.05, 4.69) is 5.32 Å². The molecule has 0 bridgehead atoms. The standard InChI is InChI=1S/C18H21N3O5S/c1-4-20(5-2)27(25,26)16-8-6-7-14(11-16)18(22)19-17-12-15(21(23)24)10-9-13(17)3/h6-12H,4-5H2,1-3H3,(H,19,22). The van der Waals surface area contributed by atoms with E-state index in [0.717, 1.165) is 0 Å². The molecular formula is C18H21N3O5S. The molecule has 2 aromatic rings. The van der Waals surface area contributed by atoms with E-state index < -0.39 is 20.9 Å². The van der Waals surface area contributed by atoms with Crippen LogP contribution in [-0.4, -0.2) is 36.6 Å². The first kappa shape index (κ1) is 20.5. The van der Waals surface area contributed by atoms with Gasteiger partial charge in [0.15, 0.2) is 0 Å². The van der Waals surface area contributed by atoms with Gasteiger partial charge < -0.3 is 5.32 Å². The number of non-ortho nitro benzene ring substituents is 1. The number of aryl methyl sites for hydroxylation is 1. The van der Waals surface area contributed by atoms with Gasteiger partial charge >= 0.3 is 0 Å². The van der Waals surface area contributed by atoms with Crippen LogP contribution in [0.5, 0.6) is 0 Å². The van der Waals surface area contributed by atoms with E-state index in [0.29, 0.717) is 24.3 Å². The van der Waals surface area contributed by atoms with E-state index in [-0.39, 0.29) is 16.1 Å². The third kappa shape index (κ3) is 4.50. The lowest BCUT2D eigenvalue weighted by atomic mass is 10.1. The molecule has 2 rings (SSSR count). The van der Waals surface area contributed by atoms with Gasteiger partial charge in [0, 0.05) is 30.8 Å². The minimum atomic E-state index is -3.69. The van der Waals surface area contributed by atoms with Crippen LogP contribution in [0.1, 0.15) is 29.8 Å². The van der Waals surface area contributed by atoms with Crippen LogP contribution in [0, 0.1) is 17.0 Å². The van der Waals surface area contributed by atoms with Crippen LogP contribution in [0.2, 0.25) is 0 Å². The summed E-state index contributed by atoms with van der Waals surface area (Å²) in [6, 6.07) is 9.87. The van der Waals surface area contributed by atoms with Crippen molar-refractivity contribution >= 4 is 27.3 Å². The topological polar surface area (TPSA) is 110 Å². The minimum absolute atomic E-state index is 0.0228. The highest BCUT2D eigenvalue weighted by Crippen LogP contribution is 2.23. The Hall–Kier alpha value is -2.78. The molecule has 0 aromatic heterocycles. The van der Waals surface area contributed by atoms with Gasteiger partial charge in [0.2, 0.25) is 10.0 Å². The number of nitrogens with one attached hydrogen (secondary N) is 1. The highest BCUT2D eigenvalue weighted by atomic mass is 32.2. The Morgan fingerprint density at radius 3 is 2.41 bits per heavy atom. The zero-order chi connectivity index (χ0) is 20.2. The monoisotopic (exact) mass is 391 g/mol. The molecule has 0 fully saturated rings. The predicted molar refractivity (Wildman–Crippen MR) is 102 cm³/mol. The van der Waals surface area contributed by atoms with E-state index >= 15 is 0 Å². The van der Waals surface area contributed by atoms with Crippen molar-refractivity contribution in [2.75, 3.05) is 18.4 Å². The lowest BCUT2D eigenvalue weighted by molar-refractivity contribution is -0.384. The Bertz CT molecular complexity index is 969. The van der Waals surface area contributed by atoms with Crippen LogP contribution in [0.15, 0.2) is 47.4 Å². The van der Waals surface area contributed by atoms with Crippen molar-refractivity contribution in [3.8, 4) is 0 Å². The van der Waals surface area contributed by atoms with Crippen LogP contribution in [0.3, 0.4) is 0 Å². The number of sulfonamides is 1. The molecule has 9 heteroatoms. The molecule has 27 heavy (non-hydrogen) atoms. The van der Waals surface area contributed by atoms with Crippen LogP contribution in [-0.2, 0) is 10.0 Å². The van der Waals surface area contributed by atoms with Crippen LogP contribution >= 0.6 is 0 Å². The van der Waals surface area contributed by atoms with Crippen LogP contribution in [0.25, 0.3) is 0 Å². The first-order chi connectivity index (χ1) is 12.7. The van der Waals surface area contributed by atoms with E-state index in [1.165, 1.54) is 46.8 Å². The summed E-state index contributed by atoms with van der Waals surface area (Å²) in [7, 11) is -3.69. The maximum atomic E-state index is 12.6. The molecule has 0 atom stereocenters. The summed E-state index contributed by atoms with van der Waals surface area (Å²) < 4.78 is 26.5. The number of rotatable bonds is 7. The molecule has 0 aliphatic carbocycles. The van der Waals surface area contributed by atoms with E-state index in [9.17, 15) is 23.3 Å². The van der Waals surface area contributed by atoms with E-state index in [4.69, 9.17) is 0 Å². The molecule has 2 aromatic carbocycles. The van der Waals surface area contributed by atoms with Gasteiger partial charge in [-0.25, -0.2) is 8.42 Å². The molecule has 0 aliphatic rings. The van der Waals surface area contributed by atoms with Gasteiger partial charge in [0.25, 0.3) is 11.6 Å². The summed E-state index contributed by atoms with van der Waals surface area (Å²) in [5, 5.41) is 13.5. The lowest BCUT2D eigenvalue weighted by Gasteiger charge is -2.18. The van der Waals surface area contributed by atoms with Crippen molar-refractivity contribution in [2.45, 2.75) is 25.7 Å².